The van der Waals surface area contributed by atoms with E-state index in [-0.39, 0.29) is 28.7 Å². The molecule has 0 rings (SSSR count). The number of hydrogen-bond donors (Lipinski definition) is 2. The van der Waals surface area contributed by atoms with Crippen molar-refractivity contribution in [1.29, 1.82) is 0 Å². The molecule has 0 fully saturated rings. The zero-order chi connectivity index (χ0) is 34.1. The monoisotopic (exact) mass is 615 g/mol. The first-order chi connectivity index (χ1) is 19.2. The maximum Gasteiger partial charge on any atom is 0.169 e. The SMILES string of the molecule is CC(COC(C)(C)CC(C)(C)CCOC(C)(C)C(=O)C(C)(C)CCN)OC(C)(C)CCOC(C)(C)C(=O)C(C)(C)CCN. The van der Waals surface area contributed by atoms with Crippen LogP contribution in [0.2, 0.25) is 0 Å². The van der Waals surface area contributed by atoms with Gasteiger partial charge in [0.05, 0.1) is 30.5 Å². The minimum atomic E-state index is -0.891. The third-order valence-corrected chi connectivity index (χ3v) is 8.40. The lowest BCUT2D eigenvalue weighted by Gasteiger charge is -2.38. The standard InChI is InChI=1S/C35H70N2O6/c1-26(43-32(8,9)19-23-41-35(14,15)28(39)31(6,7)17-21-37)24-42-33(10,11)25-29(2,3)18-22-40-34(12,13)27(38)30(4,5)16-20-36/h26H,16-25,36-37H2,1-15H3. The molecule has 0 heterocycles. The van der Waals surface area contributed by atoms with Crippen LogP contribution in [0.3, 0.4) is 0 Å². The highest BCUT2D eigenvalue weighted by molar-refractivity contribution is 5.91. The van der Waals surface area contributed by atoms with Gasteiger partial charge in [-0.2, -0.15) is 0 Å². The zero-order valence-corrected chi connectivity index (χ0v) is 30.8. The molecule has 0 saturated carbocycles. The molecule has 0 amide bonds. The summed E-state index contributed by atoms with van der Waals surface area (Å²) in [5.41, 5.74) is 7.75. The number of carbonyl (C=O) groups excluding carboxylic acids is 2. The molecule has 256 valence electrons. The van der Waals surface area contributed by atoms with Crippen LogP contribution in [0.15, 0.2) is 0 Å². The fourth-order valence-corrected chi connectivity index (χ4v) is 6.12. The van der Waals surface area contributed by atoms with Crippen molar-refractivity contribution in [2.75, 3.05) is 32.9 Å². The quantitative estimate of drug-likeness (QED) is 0.131. The van der Waals surface area contributed by atoms with E-state index >= 15 is 0 Å². The summed E-state index contributed by atoms with van der Waals surface area (Å²) < 4.78 is 24.9. The largest absolute Gasteiger partial charge is 0.373 e. The second kappa shape index (κ2) is 16.1. The number of hydrogen-bond acceptors (Lipinski definition) is 8. The number of nitrogens with two attached hydrogens (primary N) is 2. The number of rotatable bonds is 23. The van der Waals surface area contributed by atoms with Crippen LogP contribution >= 0.6 is 0 Å². The van der Waals surface area contributed by atoms with Crippen molar-refractivity contribution in [3.63, 3.8) is 0 Å². The van der Waals surface area contributed by atoms with Gasteiger partial charge in [0.1, 0.15) is 11.2 Å². The van der Waals surface area contributed by atoms with Crippen molar-refractivity contribution in [1.82, 2.24) is 0 Å². The second-order valence-electron chi connectivity index (χ2n) is 16.8. The number of ether oxygens (including phenoxy) is 4. The van der Waals surface area contributed by atoms with Gasteiger partial charge in [-0.15, -0.1) is 0 Å². The molecule has 0 aliphatic carbocycles. The molecule has 0 bridgehead atoms. The van der Waals surface area contributed by atoms with E-state index < -0.39 is 27.6 Å². The smallest absolute Gasteiger partial charge is 0.169 e. The Morgan fingerprint density at radius 3 is 1.37 bits per heavy atom. The molecule has 1 unspecified atom stereocenters. The lowest BCUT2D eigenvalue weighted by atomic mass is 9.77. The topological polar surface area (TPSA) is 123 Å². The average molecular weight is 615 g/mol. The van der Waals surface area contributed by atoms with Crippen LogP contribution in [0.5, 0.6) is 0 Å². The second-order valence-corrected chi connectivity index (χ2v) is 16.8. The third kappa shape index (κ3) is 15.3. The molecule has 0 aliphatic heterocycles. The molecule has 1 atom stereocenters. The molecule has 8 heteroatoms. The summed E-state index contributed by atoms with van der Waals surface area (Å²) in [5, 5.41) is 0. The Kier molecular flexibility index (Phi) is 15.7. The van der Waals surface area contributed by atoms with E-state index in [1.54, 1.807) is 0 Å². The molecular formula is C35H70N2O6. The molecule has 0 radical (unpaired) electrons. The van der Waals surface area contributed by atoms with E-state index in [9.17, 15) is 9.59 Å². The van der Waals surface area contributed by atoms with Crippen LogP contribution in [-0.4, -0.2) is 73.0 Å². The van der Waals surface area contributed by atoms with Gasteiger partial charge in [0.15, 0.2) is 11.6 Å². The summed E-state index contributed by atoms with van der Waals surface area (Å²) in [5.74, 6) is 0.144. The number of carbonyl (C=O) groups is 2. The first-order valence-corrected chi connectivity index (χ1v) is 16.2. The van der Waals surface area contributed by atoms with Crippen molar-refractivity contribution < 1.29 is 28.5 Å². The van der Waals surface area contributed by atoms with Crippen molar-refractivity contribution in [2.24, 2.45) is 27.7 Å². The van der Waals surface area contributed by atoms with Crippen molar-refractivity contribution >= 4 is 11.6 Å². The van der Waals surface area contributed by atoms with Crippen molar-refractivity contribution in [3.05, 3.63) is 0 Å². The first kappa shape index (κ1) is 42.1. The summed E-state index contributed by atoms with van der Waals surface area (Å²) in [6, 6.07) is 0. The summed E-state index contributed by atoms with van der Waals surface area (Å²) in [4.78, 5) is 26.1. The zero-order valence-electron chi connectivity index (χ0n) is 30.8. The summed E-state index contributed by atoms with van der Waals surface area (Å²) in [7, 11) is 0. The predicted octanol–water partition coefficient (Wildman–Crippen LogP) is 6.64. The molecule has 0 aromatic carbocycles. The maximum atomic E-state index is 13.1. The van der Waals surface area contributed by atoms with E-state index in [0.717, 1.165) is 12.8 Å². The van der Waals surface area contributed by atoms with E-state index in [0.29, 0.717) is 52.2 Å². The van der Waals surface area contributed by atoms with Crippen LogP contribution in [0, 0.1) is 16.2 Å². The average Bonchev–Trinajstić information content (AvgIpc) is 2.80. The summed E-state index contributed by atoms with van der Waals surface area (Å²) >= 11 is 0. The van der Waals surface area contributed by atoms with Crippen molar-refractivity contribution in [3.8, 4) is 0 Å². The molecule has 0 spiro atoms. The van der Waals surface area contributed by atoms with E-state index in [4.69, 9.17) is 30.4 Å². The number of Topliss-reactive ketones (excluding diaryl/α,β-unsaturated/α-hetero) is 2. The van der Waals surface area contributed by atoms with Gasteiger partial charge >= 0.3 is 0 Å². The van der Waals surface area contributed by atoms with E-state index in [1.807, 2.05) is 76.2 Å². The van der Waals surface area contributed by atoms with Crippen LogP contribution in [-0.2, 0) is 28.5 Å². The van der Waals surface area contributed by atoms with Gasteiger partial charge in [-0.1, -0.05) is 41.5 Å². The fraction of sp³-hybridized carbons (Fsp3) is 0.943. The predicted molar refractivity (Wildman–Crippen MR) is 177 cm³/mol. The molecular weight excluding hydrogens is 544 g/mol. The molecule has 4 N–H and O–H groups in total. The lowest BCUT2D eigenvalue weighted by Crippen LogP contribution is -2.45. The first-order valence-electron chi connectivity index (χ1n) is 16.2. The van der Waals surface area contributed by atoms with Crippen LogP contribution in [0.1, 0.15) is 136 Å². The number of ketones is 2. The van der Waals surface area contributed by atoms with E-state index in [1.165, 1.54) is 0 Å². The Morgan fingerprint density at radius 1 is 0.581 bits per heavy atom. The molecule has 0 aliphatic rings. The minimum Gasteiger partial charge on any atom is -0.373 e. The summed E-state index contributed by atoms with van der Waals surface area (Å²) in [6.07, 6.45) is 3.40. The molecule has 0 saturated heterocycles. The highest BCUT2D eigenvalue weighted by Gasteiger charge is 2.41. The molecule has 0 aromatic heterocycles. The van der Waals surface area contributed by atoms with Crippen LogP contribution in [0.25, 0.3) is 0 Å². The van der Waals surface area contributed by atoms with Gasteiger partial charge < -0.3 is 30.4 Å². The highest BCUT2D eigenvalue weighted by atomic mass is 16.6. The van der Waals surface area contributed by atoms with Gasteiger partial charge in [-0.3, -0.25) is 9.59 Å². The van der Waals surface area contributed by atoms with Gasteiger partial charge in [0.25, 0.3) is 0 Å². The third-order valence-electron chi connectivity index (χ3n) is 8.40. The fourth-order valence-electron chi connectivity index (χ4n) is 6.12. The Hall–Kier alpha value is -0.900. The molecule has 8 nitrogen and oxygen atoms in total. The summed E-state index contributed by atoms with van der Waals surface area (Å²) in [6.45, 7) is 32.1. The van der Waals surface area contributed by atoms with Gasteiger partial charge in [0, 0.05) is 17.4 Å². The Morgan fingerprint density at radius 2 is 0.977 bits per heavy atom. The molecule has 43 heavy (non-hydrogen) atoms. The normalized spacial score (nSPS) is 15.1. The Bertz CT molecular complexity index is 874. The minimum absolute atomic E-state index is 0.0565. The van der Waals surface area contributed by atoms with Crippen LogP contribution < -0.4 is 11.5 Å². The molecule has 0 aromatic rings. The maximum absolute atomic E-state index is 13.1. The van der Waals surface area contributed by atoms with Gasteiger partial charge in [-0.05, 0) is 113 Å². The van der Waals surface area contributed by atoms with Gasteiger partial charge in [-0.25, -0.2) is 0 Å². The van der Waals surface area contributed by atoms with Gasteiger partial charge in [0.2, 0.25) is 0 Å². The highest BCUT2D eigenvalue weighted by Crippen LogP contribution is 2.35. The Balaban J connectivity index is 4.83. The lowest BCUT2D eigenvalue weighted by molar-refractivity contribution is -0.157. The van der Waals surface area contributed by atoms with E-state index in [2.05, 4.69) is 27.7 Å². The van der Waals surface area contributed by atoms with Crippen LogP contribution in [0.4, 0.5) is 0 Å². The Labute approximate surface area is 265 Å². The van der Waals surface area contributed by atoms with Crippen molar-refractivity contribution in [2.45, 2.75) is 164 Å².